The standard InChI is InChI=1S/C24H32N4O/c1-4-17-15(2)22(27-26-17)23(29)28-19(13-16-9-6-5-7-10-16)18-14-24(3)20(25-18)11-8-12-21(24)28/h5-7,9-10,18-21,25H,4,8,11-14H2,1-3H3,(H,26,27)/t18-,19+,20-,21+,24-/m0/s1. The highest BCUT2D eigenvalue weighted by Crippen LogP contribution is 2.52. The Morgan fingerprint density at radius 1 is 1.28 bits per heavy atom. The topological polar surface area (TPSA) is 61.0 Å². The lowest BCUT2D eigenvalue weighted by atomic mass is 9.64. The van der Waals surface area contributed by atoms with Crippen LogP contribution in [0.2, 0.25) is 0 Å². The van der Waals surface area contributed by atoms with Crippen LogP contribution in [0.4, 0.5) is 0 Å². The number of H-pyrrole nitrogens is 1. The molecule has 1 aliphatic carbocycles. The Labute approximate surface area is 173 Å². The molecule has 2 N–H and O–H groups in total. The van der Waals surface area contributed by atoms with Crippen molar-refractivity contribution in [3.8, 4) is 0 Å². The van der Waals surface area contributed by atoms with Crippen LogP contribution in [0.25, 0.3) is 0 Å². The summed E-state index contributed by atoms with van der Waals surface area (Å²) in [7, 11) is 0. The second-order valence-corrected chi connectivity index (χ2v) is 9.48. The summed E-state index contributed by atoms with van der Waals surface area (Å²) in [5.41, 5.74) is 4.17. The van der Waals surface area contributed by atoms with Gasteiger partial charge in [-0.1, -0.05) is 44.2 Å². The Morgan fingerprint density at radius 3 is 2.79 bits per heavy atom. The fraction of sp³-hybridized carbons (Fsp3) is 0.583. The average molecular weight is 393 g/mol. The van der Waals surface area contributed by atoms with Crippen molar-refractivity contribution in [3.63, 3.8) is 0 Å². The lowest BCUT2D eigenvalue weighted by molar-refractivity contribution is -0.0115. The second-order valence-electron chi connectivity index (χ2n) is 9.48. The number of aromatic nitrogens is 2. The zero-order chi connectivity index (χ0) is 20.2. The van der Waals surface area contributed by atoms with Gasteiger partial charge in [-0.2, -0.15) is 5.10 Å². The molecule has 3 fully saturated rings. The number of carbonyl (C=O) groups excluding carboxylic acids is 1. The van der Waals surface area contributed by atoms with Gasteiger partial charge in [-0.25, -0.2) is 0 Å². The van der Waals surface area contributed by atoms with Crippen molar-refractivity contribution in [2.45, 2.75) is 83.5 Å². The predicted octanol–water partition coefficient (Wildman–Crippen LogP) is 3.64. The minimum absolute atomic E-state index is 0.115. The Morgan fingerprint density at radius 2 is 2.07 bits per heavy atom. The van der Waals surface area contributed by atoms with Crippen molar-refractivity contribution < 1.29 is 4.79 Å². The van der Waals surface area contributed by atoms with Crippen molar-refractivity contribution in [3.05, 3.63) is 52.8 Å². The van der Waals surface area contributed by atoms with Gasteiger partial charge in [-0.15, -0.1) is 0 Å². The van der Waals surface area contributed by atoms with Crippen molar-refractivity contribution in [2.75, 3.05) is 0 Å². The fourth-order valence-corrected chi connectivity index (χ4v) is 6.38. The maximum atomic E-state index is 13.9. The van der Waals surface area contributed by atoms with Gasteiger partial charge in [0.15, 0.2) is 5.69 Å². The monoisotopic (exact) mass is 392 g/mol. The van der Waals surface area contributed by atoms with Gasteiger partial charge in [0.05, 0.1) is 6.04 Å². The van der Waals surface area contributed by atoms with Crippen LogP contribution in [0, 0.1) is 12.3 Å². The summed E-state index contributed by atoms with van der Waals surface area (Å²) in [6.07, 6.45) is 6.45. The Balaban J connectivity index is 1.56. The van der Waals surface area contributed by atoms with Crippen LogP contribution in [-0.2, 0) is 12.8 Å². The van der Waals surface area contributed by atoms with Crippen LogP contribution in [0.3, 0.4) is 0 Å². The first-order chi connectivity index (χ1) is 14.0. The molecule has 0 radical (unpaired) electrons. The van der Waals surface area contributed by atoms with Gasteiger partial charge in [0, 0.05) is 34.8 Å². The molecule has 5 rings (SSSR count). The van der Waals surface area contributed by atoms with E-state index < -0.39 is 0 Å². The van der Waals surface area contributed by atoms with Crippen molar-refractivity contribution in [2.24, 2.45) is 5.41 Å². The molecule has 2 aliphatic heterocycles. The van der Waals surface area contributed by atoms with Crippen molar-refractivity contribution in [1.29, 1.82) is 0 Å². The number of hydrogen-bond acceptors (Lipinski definition) is 3. The molecular weight excluding hydrogens is 360 g/mol. The van der Waals surface area contributed by atoms with Crippen LogP contribution in [0.5, 0.6) is 0 Å². The van der Waals surface area contributed by atoms with E-state index in [1.807, 2.05) is 6.92 Å². The van der Waals surface area contributed by atoms with Crippen molar-refractivity contribution in [1.82, 2.24) is 20.4 Å². The van der Waals surface area contributed by atoms with E-state index in [1.165, 1.54) is 24.8 Å². The zero-order valence-corrected chi connectivity index (χ0v) is 17.7. The van der Waals surface area contributed by atoms with Crippen LogP contribution in [0.15, 0.2) is 30.3 Å². The average Bonchev–Trinajstić information content (AvgIpc) is 3.27. The largest absolute Gasteiger partial charge is 0.329 e. The smallest absolute Gasteiger partial charge is 0.275 e. The number of carbonyl (C=O) groups is 1. The van der Waals surface area contributed by atoms with E-state index >= 15 is 0 Å². The lowest BCUT2D eigenvalue weighted by Gasteiger charge is -2.53. The third kappa shape index (κ3) is 2.85. The normalized spacial score (nSPS) is 33.1. The molecule has 154 valence electrons. The maximum Gasteiger partial charge on any atom is 0.275 e. The predicted molar refractivity (Wildman–Crippen MR) is 114 cm³/mol. The first-order valence-corrected chi connectivity index (χ1v) is 11.2. The molecule has 5 atom stereocenters. The number of aromatic amines is 1. The maximum absolute atomic E-state index is 13.9. The van der Waals surface area contributed by atoms with Gasteiger partial charge >= 0.3 is 0 Å². The van der Waals surface area contributed by atoms with E-state index in [9.17, 15) is 4.79 Å². The number of likely N-dealkylation sites (tertiary alicyclic amines) is 1. The zero-order valence-electron chi connectivity index (χ0n) is 17.7. The van der Waals surface area contributed by atoms with E-state index in [0.717, 1.165) is 30.5 Å². The molecule has 2 bridgehead atoms. The Hall–Kier alpha value is -2.14. The SMILES string of the molecule is CCc1[nH]nc(C(=O)N2[C@H](Cc3ccccc3)[C@@H]3C[C@@]4(C)[C@H](CCC[C@@H]24)N3)c1C. The minimum atomic E-state index is 0.115. The molecule has 3 heterocycles. The first-order valence-electron chi connectivity index (χ1n) is 11.2. The van der Waals surface area contributed by atoms with E-state index in [4.69, 9.17) is 0 Å². The summed E-state index contributed by atoms with van der Waals surface area (Å²) >= 11 is 0. The number of nitrogens with zero attached hydrogens (tertiary/aromatic N) is 2. The molecule has 1 saturated carbocycles. The third-order valence-corrected chi connectivity index (χ3v) is 7.95. The number of aryl methyl sites for hydroxylation is 1. The van der Waals surface area contributed by atoms with Gasteiger partial charge < -0.3 is 10.2 Å². The van der Waals surface area contributed by atoms with Gasteiger partial charge in [0.25, 0.3) is 5.91 Å². The molecular formula is C24H32N4O. The van der Waals surface area contributed by atoms with Crippen LogP contribution in [-0.4, -0.2) is 45.2 Å². The molecule has 29 heavy (non-hydrogen) atoms. The third-order valence-electron chi connectivity index (χ3n) is 7.95. The van der Waals surface area contributed by atoms with Crippen LogP contribution in [0.1, 0.15) is 66.8 Å². The van der Waals surface area contributed by atoms with E-state index in [2.05, 4.69) is 64.6 Å². The second kappa shape index (κ2) is 6.98. The van der Waals surface area contributed by atoms with Crippen LogP contribution >= 0.6 is 0 Å². The summed E-state index contributed by atoms with van der Waals surface area (Å²) in [4.78, 5) is 16.2. The minimum Gasteiger partial charge on any atom is -0.329 e. The number of benzene rings is 1. The number of piperidine rings is 1. The van der Waals surface area contributed by atoms with Gasteiger partial charge in [-0.3, -0.25) is 9.89 Å². The molecule has 5 nitrogen and oxygen atoms in total. The molecule has 0 unspecified atom stereocenters. The number of fused-ring (bicyclic) bond motifs is 1. The van der Waals surface area contributed by atoms with Crippen molar-refractivity contribution >= 4 is 5.91 Å². The molecule has 5 heteroatoms. The molecule has 2 aromatic rings. The summed E-state index contributed by atoms with van der Waals surface area (Å²) in [5.74, 6) is 0.115. The molecule has 1 aromatic carbocycles. The highest BCUT2D eigenvalue weighted by atomic mass is 16.2. The van der Waals surface area contributed by atoms with E-state index in [0.29, 0.717) is 17.8 Å². The Kier molecular flexibility index (Phi) is 4.54. The lowest BCUT2D eigenvalue weighted by Crippen LogP contribution is -2.62. The van der Waals surface area contributed by atoms with E-state index in [-0.39, 0.29) is 23.4 Å². The van der Waals surface area contributed by atoms with Gasteiger partial charge in [0.1, 0.15) is 0 Å². The number of nitrogens with one attached hydrogen (secondary N) is 2. The van der Waals surface area contributed by atoms with Gasteiger partial charge in [-0.05, 0) is 51.0 Å². The molecule has 0 spiro atoms. The Bertz CT molecular complexity index is 907. The molecule has 1 amide bonds. The molecule has 1 aromatic heterocycles. The number of hydrogen-bond donors (Lipinski definition) is 2. The summed E-state index contributed by atoms with van der Waals surface area (Å²) in [6.45, 7) is 6.54. The number of amides is 1. The molecule has 3 aliphatic rings. The summed E-state index contributed by atoms with van der Waals surface area (Å²) < 4.78 is 0. The highest BCUT2D eigenvalue weighted by Gasteiger charge is 2.60. The van der Waals surface area contributed by atoms with Crippen LogP contribution < -0.4 is 5.32 Å². The molecule has 2 saturated heterocycles. The number of rotatable bonds is 4. The van der Waals surface area contributed by atoms with E-state index in [1.54, 1.807) is 0 Å². The first kappa shape index (κ1) is 18.9. The summed E-state index contributed by atoms with van der Waals surface area (Å²) in [5, 5.41) is 11.5. The van der Waals surface area contributed by atoms with Gasteiger partial charge in [0.2, 0.25) is 0 Å². The quantitative estimate of drug-likeness (QED) is 0.835. The summed E-state index contributed by atoms with van der Waals surface area (Å²) in [6, 6.07) is 12.0. The fourth-order valence-electron chi connectivity index (χ4n) is 6.38. The highest BCUT2D eigenvalue weighted by molar-refractivity contribution is 5.94.